The fourth-order valence-corrected chi connectivity index (χ4v) is 0.851. The maximum atomic E-state index is 11.0. The summed E-state index contributed by atoms with van der Waals surface area (Å²) in [5.74, 6) is 0. The van der Waals surface area contributed by atoms with E-state index in [1.54, 1.807) is 30.5 Å². The summed E-state index contributed by atoms with van der Waals surface area (Å²) in [6.45, 7) is 0.112. The smallest absolute Gasteiger partial charge is 0.255 e. The zero-order valence-electron chi connectivity index (χ0n) is 6.66. The van der Waals surface area contributed by atoms with Gasteiger partial charge >= 0.3 is 0 Å². The summed E-state index contributed by atoms with van der Waals surface area (Å²) in [4.78, 5) is 13.6. The largest absolute Gasteiger partial charge is 0.396 e. The second-order valence-corrected chi connectivity index (χ2v) is 2.37. The van der Waals surface area contributed by atoms with E-state index in [0.717, 1.165) is 0 Å². The molecular formula is C9H11NO2. The second-order valence-electron chi connectivity index (χ2n) is 2.37. The van der Waals surface area contributed by atoms with Gasteiger partial charge in [-0.2, -0.15) is 0 Å². The Balaban J connectivity index is 2.76. The fraction of sp³-hybridized carbons (Fsp3) is 0.222. The summed E-state index contributed by atoms with van der Waals surface area (Å²) in [6, 6.07) is 3.49. The Morgan fingerprint density at radius 2 is 2.42 bits per heavy atom. The van der Waals surface area contributed by atoms with Gasteiger partial charge in [0.15, 0.2) is 0 Å². The van der Waals surface area contributed by atoms with E-state index >= 15 is 0 Å². The molecule has 0 aliphatic carbocycles. The summed E-state index contributed by atoms with van der Waals surface area (Å²) in [6.07, 6.45) is 5.64. The standard InChI is InChI=1S/C9H11NO2/c11-7-2-1-4-8-5-3-6-10-9(8)12/h1,3-6,11H,2,7H2,(H,10,12). The molecule has 1 aromatic rings. The van der Waals surface area contributed by atoms with Gasteiger partial charge in [-0.3, -0.25) is 4.79 Å². The van der Waals surface area contributed by atoms with Crippen molar-refractivity contribution in [3.05, 3.63) is 40.3 Å². The highest BCUT2D eigenvalue weighted by Gasteiger charge is 1.89. The average molecular weight is 165 g/mol. The normalized spacial score (nSPS) is 10.8. The minimum absolute atomic E-state index is 0.105. The SMILES string of the molecule is O=c1[nH]cccc1C=CCCO. The van der Waals surface area contributed by atoms with Gasteiger partial charge in [0.1, 0.15) is 0 Å². The number of aromatic nitrogens is 1. The van der Waals surface area contributed by atoms with Crippen LogP contribution in [0.25, 0.3) is 6.08 Å². The van der Waals surface area contributed by atoms with Gasteiger partial charge < -0.3 is 10.1 Å². The van der Waals surface area contributed by atoms with Gasteiger partial charge in [-0.25, -0.2) is 0 Å². The van der Waals surface area contributed by atoms with Gasteiger partial charge in [-0.05, 0) is 18.6 Å². The van der Waals surface area contributed by atoms with Crippen LogP contribution < -0.4 is 5.56 Å². The predicted octanol–water partition coefficient (Wildman–Crippen LogP) is 0.770. The van der Waals surface area contributed by atoms with Crippen molar-refractivity contribution < 1.29 is 5.11 Å². The number of aliphatic hydroxyl groups is 1. The first-order valence-corrected chi connectivity index (χ1v) is 3.79. The Bertz CT molecular complexity index is 314. The minimum Gasteiger partial charge on any atom is -0.396 e. The molecule has 0 spiro atoms. The lowest BCUT2D eigenvalue weighted by molar-refractivity contribution is 0.303. The van der Waals surface area contributed by atoms with Gasteiger partial charge in [0.25, 0.3) is 5.56 Å². The number of aliphatic hydroxyl groups excluding tert-OH is 1. The summed E-state index contributed by atoms with van der Waals surface area (Å²) in [5.41, 5.74) is 0.512. The summed E-state index contributed by atoms with van der Waals surface area (Å²) >= 11 is 0. The Kier molecular flexibility index (Phi) is 3.29. The van der Waals surface area contributed by atoms with Crippen molar-refractivity contribution in [3.63, 3.8) is 0 Å². The van der Waals surface area contributed by atoms with Gasteiger partial charge in [-0.15, -0.1) is 0 Å². The molecule has 0 aromatic carbocycles. The molecule has 1 rings (SSSR count). The molecule has 64 valence electrons. The van der Waals surface area contributed by atoms with Gasteiger partial charge in [0.2, 0.25) is 0 Å². The predicted molar refractivity (Wildman–Crippen MR) is 47.8 cm³/mol. The molecule has 0 radical (unpaired) electrons. The monoisotopic (exact) mass is 165 g/mol. The van der Waals surface area contributed by atoms with E-state index in [2.05, 4.69) is 4.98 Å². The number of rotatable bonds is 3. The molecule has 3 nitrogen and oxygen atoms in total. The van der Waals surface area contributed by atoms with Crippen LogP contribution in [0.3, 0.4) is 0 Å². The molecule has 0 saturated heterocycles. The number of aromatic amines is 1. The first kappa shape index (κ1) is 8.74. The molecule has 2 N–H and O–H groups in total. The van der Waals surface area contributed by atoms with Crippen LogP contribution in [0.15, 0.2) is 29.2 Å². The molecule has 0 amide bonds. The van der Waals surface area contributed by atoms with Crippen LogP contribution in [0, 0.1) is 0 Å². The number of hydrogen-bond acceptors (Lipinski definition) is 2. The number of nitrogens with one attached hydrogen (secondary N) is 1. The van der Waals surface area contributed by atoms with Crippen molar-refractivity contribution in [2.24, 2.45) is 0 Å². The number of H-pyrrole nitrogens is 1. The molecule has 0 aliphatic rings. The molecule has 0 saturated carbocycles. The van der Waals surface area contributed by atoms with Crippen LogP contribution in [0.5, 0.6) is 0 Å². The van der Waals surface area contributed by atoms with Crippen molar-refractivity contribution in [1.29, 1.82) is 0 Å². The molecule has 12 heavy (non-hydrogen) atoms. The Morgan fingerprint density at radius 3 is 3.08 bits per heavy atom. The van der Waals surface area contributed by atoms with Gasteiger partial charge in [0.05, 0.1) is 0 Å². The first-order chi connectivity index (χ1) is 5.84. The lowest BCUT2D eigenvalue weighted by atomic mass is 10.2. The summed E-state index contributed by atoms with van der Waals surface area (Å²) < 4.78 is 0. The third-order valence-electron chi connectivity index (χ3n) is 1.44. The zero-order chi connectivity index (χ0) is 8.81. The molecule has 0 bridgehead atoms. The Labute approximate surface area is 70.4 Å². The lowest BCUT2D eigenvalue weighted by Gasteiger charge is -1.89. The fourth-order valence-electron chi connectivity index (χ4n) is 0.851. The van der Waals surface area contributed by atoms with Crippen LogP contribution in [-0.4, -0.2) is 16.7 Å². The second kappa shape index (κ2) is 4.51. The van der Waals surface area contributed by atoms with E-state index in [-0.39, 0.29) is 12.2 Å². The van der Waals surface area contributed by atoms with Crippen LogP contribution in [0.4, 0.5) is 0 Å². The van der Waals surface area contributed by atoms with Crippen molar-refractivity contribution >= 4 is 6.08 Å². The lowest BCUT2D eigenvalue weighted by Crippen LogP contribution is -2.06. The third-order valence-corrected chi connectivity index (χ3v) is 1.44. The maximum Gasteiger partial charge on any atom is 0.255 e. The van der Waals surface area contributed by atoms with E-state index in [0.29, 0.717) is 12.0 Å². The molecular weight excluding hydrogens is 154 g/mol. The topological polar surface area (TPSA) is 53.1 Å². The van der Waals surface area contributed by atoms with Crippen LogP contribution in [0.1, 0.15) is 12.0 Å². The number of hydrogen-bond donors (Lipinski definition) is 2. The van der Waals surface area contributed by atoms with Crippen molar-refractivity contribution in [2.75, 3.05) is 6.61 Å². The maximum absolute atomic E-state index is 11.0. The van der Waals surface area contributed by atoms with E-state index in [4.69, 9.17) is 5.11 Å². The highest BCUT2D eigenvalue weighted by atomic mass is 16.2. The highest BCUT2D eigenvalue weighted by Crippen LogP contribution is 1.93. The Morgan fingerprint density at radius 1 is 1.58 bits per heavy atom. The molecule has 1 aromatic heterocycles. The van der Waals surface area contributed by atoms with Gasteiger partial charge in [0, 0.05) is 18.4 Å². The van der Waals surface area contributed by atoms with Crippen LogP contribution >= 0.6 is 0 Å². The van der Waals surface area contributed by atoms with E-state index in [9.17, 15) is 4.79 Å². The van der Waals surface area contributed by atoms with Crippen molar-refractivity contribution in [3.8, 4) is 0 Å². The quantitative estimate of drug-likeness (QED) is 0.695. The van der Waals surface area contributed by atoms with Crippen molar-refractivity contribution in [2.45, 2.75) is 6.42 Å². The molecule has 0 unspecified atom stereocenters. The van der Waals surface area contributed by atoms with E-state index < -0.39 is 0 Å². The highest BCUT2D eigenvalue weighted by molar-refractivity contribution is 5.47. The summed E-state index contributed by atoms with van der Waals surface area (Å²) in [7, 11) is 0. The van der Waals surface area contributed by atoms with Gasteiger partial charge in [-0.1, -0.05) is 12.2 Å². The molecule has 1 heterocycles. The molecule has 0 aliphatic heterocycles. The van der Waals surface area contributed by atoms with Crippen LogP contribution in [0.2, 0.25) is 0 Å². The molecule has 0 atom stereocenters. The third kappa shape index (κ3) is 2.36. The Hall–Kier alpha value is -1.35. The molecule has 3 heteroatoms. The average Bonchev–Trinajstić information content (AvgIpc) is 2.09. The minimum atomic E-state index is -0.105. The summed E-state index contributed by atoms with van der Waals surface area (Å²) in [5, 5.41) is 8.48. The first-order valence-electron chi connectivity index (χ1n) is 3.79. The van der Waals surface area contributed by atoms with E-state index in [1.807, 2.05) is 0 Å². The zero-order valence-corrected chi connectivity index (χ0v) is 6.66. The van der Waals surface area contributed by atoms with Crippen LogP contribution in [-0.2, 0) is 0 Å². The molecule has 0 fully saturated rings. The number of pyridine rings is 1. The van der Waals surface area contributed by atoms with E-state index in [1.165, 1.54) is 0 Å². The van der Waals surface area contributed by atoms with Crippen molar-refractivity contribution in [1.82, 2.24) is 4.98 Å².